The molecule has 1 aliphatic rings. The molecule has 1 aromatic carbocycles. The Hall–Kier alpha value is -1.66. The zero-order valence-corrected chi connectivity index (χ0v) is 11.9. The molecule has 5 nitrogen and oxygen atoms in total. The summed E-state index contributed by atoms with van der Waals surface area (Å²) in [6.07, 6.45) is 0. The van der Waals surface area contributed by atoms with E-state index in [0.717, 1.165) is 23.5 Å². The maximum Gasteiger partial charge on any atom is 0.152 e. The van der Waals surface area contributed by atoms with Crippen LogP contribution in [0.25, 0.3) is 11.3 Å². The Morgan fingerprint density at radius 3 is 2.55 bits per heavy atom. The molecule has 1 aromatic heterocycles. The van der Waals surface area contributed by atoms with Crippen LogP contribution in [0.1, 0.15) is 5.69 Å². The van der Waals surface area contributed by atoms with Crippen molar-refractivity contribution in [3.8, 4) is 11.3 Å². The topological polar surface area (TPSA) is 66.1 Å². The molecule has 0 unspecified atom stereocenters. The number of hydrogen-bond donors (Lipinski definition) is 1. The van der Waals surface area contributed by atoms with E-state index >= 15 is 0 Å². The van der Waals surface area contributed by atoms with Crippen LogP contribution in [0.2, 0.25) is 0 Å². The van der Waals surface area contributed by atoms with E-state index in [9.17, 15) is 8.42 Å². The first-order valence-electron chi connectivity index (χ1n) is 6.65. The molecule has 2 heterocycles. The fourth-order valence-corrected chi connectivity index (χ4v) is 3.63. The highest BCUT2D eigenvalue weighted by atomic mass is 32.2. The molecule has 1 aliphatic heterocycles. The van der Waals surface area contributed by atoms with Crippen molar-refractivity contribution in [2.75, 3.05) is 24.6 Å². The Kier molecular flexibility index (Phi) is 3.58. The van der Waals surface area contributed by atoms with E-state index in [0.29, 0.717) is 13.1 Å². The normalized spacial score (nSPS) is 19.0. The van der Waals surface area contributed by atoms with E-state index in [1.54, 1.807) is 0 Å². The van der Waals surface area contributed by atoms with Gasteiger partial charge >= 0.3 is 0 Å². The van der Waals surface area contributed by atoms with Crippen LogP contribution in [0.4, 0.5) is 0 Å². The van der Waals surface area contributed by atoms with Crippen LogP contribution in [-0.4, -0.2) is 48.1 Å². The molecule has 1 N–H and O–H groups in total. The first-order chi connectivity index (χ1) is 9.62. The Morgan fingerprint density at radius 2 is 1.85 bits per heavy atom. The third kappa shape index (κ3) is 3.08. The second-order valence-corrected chi connectivity index (χ2v) is 7.38. The van der Waals surface area contributed by atoms with E-state index in [2.05, 4.69) is 15.1 Å². The number of nitrogens with zero attached hydrogens (tertiary/aromatic N) is 2. The number of rotatable bonds is 3. The molecular formula is C14H17N3O2S. The minimum Gasteiger partial charge on any atom is -0.296 e. The van der Waals surface area contributed by atoms with Crippen molar-refractivity contribution in [2.45, 2.75) is 6.54 Å². The molecule has 2 aromatic rings. The smallest absolute Gasteiger partial charge is 0.152 e. The summed E-state index contributed by atoms with van der Waals surface area (Å²) < 4.78 is 22.8. The maximum atomic E-state index is 11.4. The predicted octanol–water partition coefficient (Wildman–Crippen LogP) is 1.31. The van der Waals surface area contributed by atoms with Crippen LogP contribution in [0.3, 0.4) is 0 Å². The van der Waals surface area contributed by atoms with Crippen LogP contribution in [-0.2, 0) is 16.4 Å². The Balaban J connectivity index is 1.66. The van der Waals surface area contributed by atoms with Crippen LogP contribution >= 0.6 is 0 Å². The molecule has 3 rings (SSSR count). The number of H-pyrrole nitrogens is 1. The first kappa shape index (κ1) is 13.3. The predicted molar refractivity (Wildman–Crippen MR) is 78.0 cm³/mol. The quantitative estimate of drug-likeness (QED) is 0.926. The Bertz CT molecular complexity index is 665. The van der Waals surface area contributed by atoms with Crippen molar-refractivity contribution in [3.63, 3.8) is 0 Å². The van der Waals surface area contributed by atoms with Gasteiger partial charge in [-0.2, -0.15) is 5.10 Å². The zero-order chi connectivity index (χ0) is 14.0. The Labute approximate surface area is 118 Å². The van der Waals surface area contributed by atoms with Gasteiger partial charge in [0.2, 0.25) is 0 Å². The summed E-state index contributed by atoms with van der Waals surface area (Å²) in [6, 6.07) is 12.0. The highest BCUT2D eigenvalue weighted by Gasteiger charge is 2.21. The summed E-state index contributed by atoms with van der Waals surface area (Å²) in [5, 5.41) is 7.34. The first-order valence-corrected chi connectivity index (χ1v) is 8.47. The molecule has 1 saturated heterocycles. The van der Waals surface area contributed by atoms with Gasteiger partial charge in [-0.25, -0.2) is 8.42 Å². The molecule has 0 aliphatic carbocycles. The van der Waals surface area contributed by atoms with Gasteiger partial charge in [0.05, 0.1) is 17.2 Å². The number of benzene rings is 1. The molecule has 0 saturated carbocycles. The fraction of sp³-hybridized carbons (Fsp3) is 0.357. The molecule has 0 bridgehead atoms. The molecule has 0 atom stereocenters. The van der Waals surface area contributed by atoms with Gasteiger partial charge in [-0.1, -0.05) is 30.3 Å². The van der Waals surface area contributed by atoms with Crippen molar-refractivity contribution in [1.82, 2.24) is 15.1 Å². The maximum absolute atomic E-state index is 11.4. The molecule has 0 spiro atoms. The minimum atomic E-state index is -2.81. The van der Waals surface area contributed by atoms with Crippen molar-refractivity contribution in [1.29, 1.82) is 0 Å². The van der Waals surface area contributed by atoms with E-state index < -0.39 is 9.84 Å². The standard InChI is InChI=1S/C14H17N3O2S/c18-20(19)8-6-17(7-9-20)11-13-10-14(16-15-13)12-4-2-1-3-5-12/h1-5,10H,6-9,11H2,(H,15,16). The van der Waals surface area contributed by atoms with E-state index in [1.807, 2.05) is 36.4 Å². The number of aromatic amines is 1. The van der Waals surface area contributed by atoms with Crippen molar-refractivity contribution >= 4 is 9.84 Å². The highest BCUT2D eigenvalue weighted by Crippen LogP contribution is 2.18. The molecular weight excluding hydrogens is 274 g/mol. The van der Waals surface area contributed by atoms with Crippen molar-refractivity contribution < 1.29 is 8.42 Å². The van der Waals surface area contributed by atoms with Gasteiger partial charge in [0.25, 0.3) is 0 Å². The third-order valence-electron chi connectivity index (χ3n) is 3.53. The molecule has 1 fully saturated rings. The third-order valence-corrected chi connectivity index (χ3v) is 5.14. The summed E-state index contributed by atoms with van der Waals surface area (Å²) in [7, 11) is -2.81. The lowest BCUT2D eigenvalue weighted by atomic mass is 10.1. The molecule has 6 heteroatoms. The molecule has 0 radical (unpaired) electrons. The fourth-order valence-electron chi connectivity index (χ4n) is 2.35. The highest BCUT2D eigenvalue weighted by molar-refractivity contribution is 7.91. The number of sulfone groups is 1. The van der Waals surface area contributed by atoms with Crippen LogP contribution in [0, 0.1) is 0 Å². The van der Waals surface area contributed by atoms with Crippen LogP contribution in [0.5, 0.6) is 0 Å². The van der Waals surface area contributed by atoms with Crippen LogP contribution < -0.4 is 0 Å². The van der Waals surface area contributed by atoms with E-state index in [-0.39, 0.29) is 11.5 Å². The molecule has 0 amide bonds. The van der Waals surface area contributed by atoms with Gasteiger partial charge in [-0.05, 0) is 6.07 Å². The second-order valence-electron chi connectivity index (χ2n) is 5.07. The van der Waals surface area contributed by atoms with Gasteiger partial charge in [0.1, 0.15) is 0 Å². The summed E-state index contributed by atoms with van der Waals surface area (Å²) in [5.74, 6) is 0.513. The second kappa shape index (κ2) is 5.38. The average molecular weight is 291 g/mol. The van der Waals surface area contributed by atoms with Crippen molar-refractivity contribution in [3.05, 3.63) is 42.1 Å². The lowest BCUT2D eigenvalue weighted by molar-refractivity contribution is 0.284. The van der Waals surface area contributed by atoms with Gasteiger partial charge < -0.3 is 0 Å². The van der Waals surface area contributed by atoms with Gasteiger partial charge in [-0.15, -0.1) is 0 Å². The van der Waals surface area contributed by atoms with Gasteiger partial charge in [0.15, 0.2) is 9.84 Å². The summed E-state index contributed by atoms with van der Waals surface area (Å²) >= 11 is 0. The lowest BCUT2D eigenvalue weighted by Crippen LogP contribution is -2.39. The van der Waals surface area contributed by atoms with Gasteiger partial charge in [0, 0.05) is 30.9 Å². The Morgan fingerprint density at radius 1 is 1.15 bits per heavy atom. The number of aromatic nitrogens is 2. The summed E-state index contributed by atoms with van der Waals surface area (Å²) in [4.78, 5) is 2.14. The van der Waals surface area contributed by atoms with Crippen molar-refractivity contribution in [2.24, 2.45) is 0 Å². The van der Waals surface area contributed by atoms with E-state index in [4.69, 9.17) is 0 Å². The summed E-state index contributed by atoms with van der Waals surface area (Å²) in [5.41, 5.74) is 3.02. The number of hydrogen-bond acceptors (Lipinski definition) is 4. The largest absolute Gasteiger partial charge is 0.296 e. The number of nitrogens with one attached hydrogen (secondary N) is 1. The zero-order valence-electron chi connectivity index (χ0n) is 11.1. The molecule has 106 valence electrons. The van der Waals surface area contributed by atoms with E-state index in [1.165, 1.54) is 0 Å². The monoisotopic (exact) mass is 291 g/mol. The van der Waals surface area contributed by atoms with Crippen LogP contribution in [0.15, 0.2) is 36.4 Å². The average Bonchev–Trinajstić information content (AvgIpc) is 2.91. The van der Waals surface area contributed by atoms with Gasteiger partial charge in [-0.3, -0.25) is 10.00 Å². The molecule has 20 heavy (non-hydrogen) atoms. The summed E-state index contributed by atoms with van der Waals surface area (Å²) in [6.45, 7) is 1.92. The minimum absolute atomic E-state index is 0.257. The SMILES string of the molecule is O=S1(=O)CCN(Cc2cc(-c3ccccc3)n[nH]2)CC1. The lowest BCUT2D eigenvalue weighted by Gasteiger charge is -2.25.